The van der Waals surface area contributed by atoms with Crippen LogP contribution in [0.3, 0.4) is 0 Å². The number of methoxy groups -OCH3 is 2. The fraction of sp³-hybridized carbons (Fsp3) is 0.176. The number of hydrogen-bond acceptors (Lipinski definition) is 6. The Morgan fingerprint density at radius 2 is 2.00 bits per heavy atom. The van der Waals surface area contributed by atoms with Crippen LogP contribution < -0.4 is 15.2 Å². The zero-order valence-electron chi connectivity index (χ0n) is 13.6. The van der Waals surface area contributed by atoms with Gasteiger partial charge < -0.3 is 19.6 Å². The number of ether oxygens (including phenoxy) is 2. The van der Waals surface area contributed by atoms with Crippen molar-refractivity contribution in [1.82, 2.24) is 4.90 Å². The van der Waals surface area contributed by atoms with Gasteiger partial charge in [-0.1, -0.05) is 0 Å². The fourth-order valence-electron chi connectivity index (χ4n) is 2.33. The number of carbonyl (C=O) groups is 1. The van der Waals surface area contributed by atoms with E-state index in [9.17, 15) is 4.79 Å². The van der Waals surface area contributed by atoms with E-state index in [4.69, 9.17) is 19.6 Å². The summed E-state index contributed by atoms with van der Waals surface area (Å²) >= 11 is 0. The van der Waals surface area contributed by atoms with E-state index >= 15 is 0 Å². The third-order valence-corrected chi connectivity index (χ3v) is 3.68. The fourth-order valence-corrected chi connectivity index (χ4v) is 2.33. The molecule has 0 radical (unpaired) electrons. The van der Waals surface area contributed by atoms with Crippen molar-refractivity contribution in [3.05, 3.63) is 41.8 Å². The van der Waals surface area contributed by atoms with E-state index in [1.165, 1.54) is 4.90 Å². The minimum absolute atomic E-state index is 0.162. The summed E-state index contributed by atoms with van der Waals surface area (Å²) in [4.78, 5) is 17.3. The Morgan fingerprint density at radius 1 is 1.21 bits per heavy atom. The third-order valence-electron chi connectivity index (χ3n) is 3.68. The summed E-state index contributed by atoms with van der Waals surface area (Å²) in [5, 5.41) is 0. The topological polar surface area (TPSA) is 90.3 Å². The van der Waals surface area contributed by atoms with Crippen molar-refractivity contribution in [3.63, 3.8) is 0 Å². The molecule has 0 atom stereocenters. The Hall–Kier alpha value is -3.22. The van der Waals surface area contributed by atoms with Crippen LogP contribution >= 0.6 is 0 Å². The van der Waals surface area contributed by atoms with E-state index in [1.54, 1.807) is 45.5 Å². The molecule has 0 unspecified atom stereocenters. The second kappa shape index (κ2) is 6.11. The lowest BCUT2D eigenvalue weighted by molar-refractivity contribution is -0.121. The second-order valence-electron chi connectivity index (χ2n) is 5.13. The number of likely N-dealkylation sites (N-methyl/N-ethyl adjacent to an activating group) is 1. The first-order valence-electron chi connectivity index (χ1n) is 7.19. The van der Waals surface area contributed by atoms with Crippen molar-refractivity contribution in [2.75, 3.05) is 21.3 Å². The number of guanidine groups is 1. The van der Waals surface area contributed by atoms with Gasteiger partial charge in [-0.15, -0.1) is 0 Å². The highest BCUT2D eigenvalue weighted by atomic mass is 16.5. The molecule has 0 saturated heterocycles. The predicted octanol–water partition coefficient (Wildman–Crippen LogP) is 2.09. The molecule has 0 saturated carbocycles. The summed E-state index contributed by atoms with van der Waals surface area (Å²) in [6, 6.07) is 8.99. The third kappa shape index (κ3) is 2.71. The van der Waals surface area contributed by atoms with Gasteiger partial charge in [-0.25, -0.2) is 4.99 Å². The molecular formula is C17H17N3O4. The number of nitrogens with zero attached hydrogens (tertiary/aromatic N) is 2. The summed E-state index contributed by atoms with van der Waals surface area (Å²) in [6.07, 6.45) is 1.55. The quantitative estimate of drug-likeness (QED) is 0.868. The maximum absolute atomic E-state index is 12.0. The normalized spacial score (nSPS) is 15.8. The zero-order valence-corrected chi connectivity index (χ0v) is 13.6. The molecule has 1 aliphatic rings. The number of aliphatic imine (C=N–C) groups is 1. The molecular weight excluding hydrogens is 310 g/mol. The number of carbonyl (C=O) groups excluding carboxylic acids is 1. The lowest BCUT2D eigenvalue weighted by Gasteiger charge is -2.08. The van der Waals surface area contributed by atoms with Gasteiger partial charge in [0.15, 0.2) is 0 Å². The highest BCUT2D eigenvalue weighted by molar-refractivity contribution is 6.12. The Kier molecular flexibility index (Phi) is 3.99. The van der Waals surface area contributed by atoms with Crippen LogP contribution in [0, 0.1) is 0 Å². The molecule has 1 aromatic carbocycles. The van der Waals surface area contributed by atoms with Gasteiger partial charge in [0.25, 0.3) is 5.91 Å². The van der Waals surface area contributed by atoms with Crippen molar-refractivity contribution in [2.45, 2.75) is 0 Å². The Morgan fingerprint density at radius 3 is 2.62 bits per heavy atom. The lowest BCUT2D eigenvalue weighted by Crippen LogP contribution is -2.33. The molecule has 2 N–H and O–H groups in total. The first-order valence-corrected chi connectivity index (χ1v) is 7.19. The van der Waals surface area contributed by atoms with Gasteiger partial charge in [-0.05, 0) is 24.3 Å². The molecule has 0 bridgehead atoms. The number of furan rings is 1. The minimum atomic E-state index is -0.271. The van der Waals surface area contributed by atoms with E-state index in [-0.39, 0.29) is 17.6 Å². The highest BCUT2D eigenvalue weighted by Crippen LogP contribution is 2.34. The van der Waals surface area contributed by atoms with E-state index in [0.29, 0.717) is 23.0 Å². The van der Waals surface area contributed by atoms with Crippen LogP contribution in [0.25, 0.3) is 17.4 Å². The van der Waals surface area contributed by atoms with Crippen LogP contribution in [0.2, 0.25) is 0 Å². The first-order chi connectivity index (χ1) is 11.5. The standard InChI is InChI=1S/C17H17N3O4/c1-20-16(21)13(19-17(20)18)8-11-5-7-14(24-11)12-6-4-10(22-2)9-15(12)23-3/h4-9H,1-3H3,(H2,18,19)/b13-8+. The average Bonchev–Trinajstić information content (AvgIpc) is 3.15. The van der Waals surface area contributed by atoms with Crippen LogP contribution in [0.4, 0.5) is 0 Å². The second-order valence-corrected chi connectivity index (χ2v) is 5.13. The molecule has 0 spiro atoms. The Bertz CT molecular complexity index is 851. The maximum Gasteiger partial charge on any atom is 0.279 e. The number of benzene rings is 1. The molecule has 0 fully saturated rings. The number of hydrogen-bond donors (Lipinski definition) is 1. The van der Waals surface area contributed by atoms with Crippen LogP contribution in [-0.4, -0.2) is 38.0 Å². The lowest BCUT2D eigenvalue weighted by atomic mass is 10.1. The minimum Gasteiger partial charge on any atom is -0.497 e. The molecule has 2 heterocycles. The van der Waals surface area contributed by atoms with Crippen LogP contribution in [-0.2, 0) is 4.79 Å². The van der Waals surface area contributed by atoms with Crippen molar-refractivity contribution < 1.29 is 18.7 Å². The zero-order chi connectivity index (χ0) is 17.3. The largest absolute Gasteiger partial charge is 0.497 e. The van der Waals surface area contributed by atoms with Gasteiger partial charge in [-0.2, -0.15) is 0 Å². The van der Waals surface area contributed by atoms with Crippen LogP contribution in [0.15, 0.2) is 45.4 Å². The van der Waals surface area contributed by atoms with Gasteiger partial charge in [0, 0.05) is 19.2 Å². The van der Waals surface area contributed by atoms with Gasteiger partial charge >= 0.3 is 0 Å². The van der Waals surface area contributed by atoms with E-state index in [0.717, 1.165) is 5.56 Å². The van der Waals surface area contributed by atoms with Crippen molar-refractivity contribution in [1.29, 1.82) is 0 Å². The highest BCUT2D eigenvalue weighted by Gasteiger charge is 2.25. The Labute approximate surface area is 139 Å². The van der Waals surface area contributed by atoms with Gasteiger partial charge in [0.1, 0.15) is 28.7 Å². The number of nitrogens with two attached hydrogens (primary N) is 1. The summed E-state index contributed by atoms with van der Waals surface area (Å²) in [5.74, 6) is 2.31. The molecule has 0 aliphatic carbocycles. The first kappa shape index (κ1) is 15.7. The average molecular weight is 327 g/mol. The van der Waals surface area contributed by atoms with E-state index in [2.05, 4.69) is 4.99 Å². The molecule has 24 heavy (non-hydrogen) atoms. The van der Waals surface area contributed by atoms with Gasteiger partial charge in [0.2, 0.25) is 5.96 Å². The van der Waals surface area contributed by atoms with E-state index in [1.807, 2.05) is 12.1 Å². The molecule has 7 nitrogen and oxygen atoms in total. The molecule has 2 aromatic rings. The van der Waals surface area contributed by atoms with Crippen molar-refractivity contribution in [2.24, 2.45) is 10.7 Å². The molecule has 1 amide bonds. The van der Waals surface area contributed by atoms with Gasteiger partial charge in [-0.3, -0.25) is 9.69 Å². The van der Waals surface area contributed by atoms with Crippen molar-refractivity contribution >= 4 is 17.9 Å². The predicted molar refractivity (Wildman–Crippen MR) is 89.6 cm³/mol. The Balaban J connectivity index is 1.94. The number of amides is 1. The smallest absolute Gasteiger partial charge is 0.279 e. The maximum atomic E-state index is 12.0. The molecule has 3 rings (SSSR count). The van der Waals surface area contributed by atoms with Crippen molar-refractivity contribution in [3.8, 4) is 22.8 Å². The van der Waals surface area contributed by atoms with E-state index < -0.39 is 0 Å². The molecule has 1 aliphatic heterocycles. The summed E-state index contributed by atoms with van der Waals surface area (Å²) in [7, 11) is 4.74. The molecule has 7 heteroatoms. The SMILES string of the molecule is COc1ccc(-c2ccc(/C=C3/N=C(N)N(C)C3=O)o2)c(OC)c1. The van der Waals surface area contributed by atoms with Crippen LogP contribution in [0.1, 0.15) is 5.76 Å². The van der Waals surface area contributed by atoms with Gasteiger partial charge in [0.05, 0.1) is 19.8 Å². The molecule has 124 valence electrons. The molecule has 1 aromatic heterocycles. The summed E-state index contributed by atoms with van der Waals surface area (Å²) < 4.78 is 16.3. The summed E-state index contributed by atoms with van der Waals surface area (Å²) in [6.45, 7) is 0. The number of rotatable bonds is 4. The monoisotopic (exact) mass is 327 g/mol. The summed E-state index contributed by atoms with van der Waals surface area (Å²) in [5.41, 5.74) is 6.64. The van der Waals surface area contributed by atoms with Crippen LogP contribution in [0.5, 0.6) is 11.5 Å².